The maximum absolute atomic E-state index is 12.7. The molecule has 25 heavy (non-hydrogen) atoms. The highest BCUT2D eigenvalue weighted by molar-refractivity contribution is 6.44. The molecule has 8 heteroatoms. The predicted molar refractivity (Wildman–Crippen MR) is 87.3 cm³/mol. The molecule has 2 atom stereocenters. The maximum atomic E-state index is 12.7. The highest BCUT2D eigenvalue weighted by Gasteiger charge is 2.48. The largest absolute Gasteiger partial charge is 0.334 e. The van der Waals surface area contributed by atoms with E-state index in [2.05, 4.69) is 0 Å². The second-order valence-corrected chi connectivity index (χ2v) is 6.60. The van der Waals surface area contributed by atoms with Crippen LogP contribution in [-0.2, 0) is 16.1 Å². The minimum Gasteiger partial charge on any atom is -0.263 e. The topological polar surface area (TPSA) is 101 Å². The number of benzene rings is 1. The highest BCUT2D eigenvalue weighted by atomic mass is 16.6. The van der Waals surface area contributed by atoms with Gasteiger partial charge in [0.15, 0.2) is 0 Å². The number of rotatable bonds is 4. The quantitative estimate of drug-likeness (QED) is 0.361. The first-order valence-corrected chi connectivity index (χ1v) is 8.32. The minimum absolute atomic E-state index is 0.0704. The average Bonchev–Trinajstić information content (AvgIpc) is 2.80. The van der Waals surface area contributed by atoms with Crippen LogP contribution in [0, 0.1) is 16.0 Å². The van der Waals surface area contributed by atoms with Crippen molar-refractivity contribution in [1.82, 2.24) is 9.80 Å². The number of amides is 4. The Kier molecular flexibility index (Phi) is 4.52. The van der Waals surface area contributed by atoms with Gasteiger partial charge in [0, 0.05) is 18.2 Å². The van der Waals surface area contributed by atoms with Crippen LogP contribution < -0.4 is 0 Å². The Bertz CT molecular complexity index is 730. The number of nitrogens with zero attached hydrogens (tertiary/aromatic N) is 3. The number of hydrogen-bond donors (Lipinski definition) is 0. The van der Waals surface area contributed by atoms with Gasteiger partial charge in [0.1, 0.15) is 0 Å². The third-order valence-corrected chi connectivity index (χ3v) is 4.97. The normalized spacial score (nSPS) is 24.1. The molecule has 1 saturated carbocycles. The fraction of sp³-hybridized carbons (Fsp3) is 0.471. The van der Waals surface area contributed by atoms with E-state index in [1.807, 2.05) is 6.92 Å². The van der Waals surface area contributed by atoms with E-state index in [0.717, 1.165) is 35.5 Å². The fourth-order valence-electron chi connectivity index (χ4n) is 3.54. The molecule has 2 fully saturated rings. The summed E-state index contributed by atoms with van der Waals surface area (Å²) in [7, 11) is 0. The molecule has 0 bridgehead atoms. The highest BCUT2D eigenvalue weighted by Crippen LogP contribution is 2.31. The van der Waals surface area contributed by atoms with Crippen molar-refractivity contribution in [2.45, 2.75) is 45.2 Å². The van der Waals surface area contributed by atoms with Crippen molar-refractivity contribution in [3.8, 4) is 0 Å². The van der Waals surface area contributed by atoms with Crippen LogP contribution in [0.5, 0.6) is 0 Å². The van der Waals surface area contributed by atoms with Crippen molar-refractivity contribution in [3.63, 3.8) is 0 Å². The second-order valence-electron chi connectivity index (χ2n) is 6.60. The summed E-state index contributed by atoms with van der Waals surface area (Å²) in [5, 5.41) is 10.7. The lowest BCUT2D eigenvalue weighted by molar-refractivity contribution is -0.384. The molecule has 2 aliphatic rings. The zero-order valence-corrected chi connectivity index (χ0v) is 13.9. The molecule has 0 unspecified atom stereocenters. The maximum Gasteiger partial charge on any atom is 0.334 e. The van der Waals surface area contributed by atoms with Crippen molar-refractivity contribution in [2.75, 3.05) is 0 Å². The first-order chi connectivity index (χ1) is 11.9. The molecule has 8 nitrogen and oxygen atoms in total. The van der Waals surface area contributed by atoms with Crippen LogP contribution in [0.25, 0.3) is 0 Å². The first kappa shape index (κ1) is 17.1. The lowest BCUT2D eigenvalue weighted by Crippen LogP contribution is -2.46. The van der Waals surface area contributed by atoms with Crippen molar-refractivity contribution in [2.24, 2.45) is 5.92 Å². The average molecular weight is 345 g/mol. The number of non-ortho nitro benzene ring substituents is 1. The molecule has 1 aromatic carbocycles. The zero-order valence-electron chi connectivity index (χ0n) is 13.9. The molecule has 0 spiro atoms. The number of urea groups is 1. The Morgan fingerprint density at radius 2 is 1.72 bits per heavy atom. The molecule has 0 aromatic heterocycles. The Morgan fingerprint density at radius 3 is 2.32 bits per heavy atom. The summed E-state index contributed by atoms with van der Waals surface area (Å²) in [4.78, 5) is 49.4. The number of imide groups is 2. The number of nitro benzene ring substituents is 1. The van der Waals surface area contributed by atoms with E-state index in [1.54, 1.807) is 0 Å². The van der Waals surface area contributed by atoms with Gasteiger partial charge in [-0.15, -0.1) is 0 Å². The number of nitro groups is 1. The monoisotopic (exact) mass is 345 g/mol. The lowest BCUT2D eigenvalue weighted by atomic mass is 9.85. The van der Waals surface area contributed by atoms with Gasteiger partial charge >= 0.3 is 17.8 Å². The Morgan fingerprint density at radius 1 is 1.08 bits per heavy atom. The van der Waals surface area contributed by atoms with Gasteiger partial charge in [-0.05, 0) is 24.3 Å². The van der Waals surface area contributed by atoms with E-state index in [9.17, 15) is 24.5 Å². The molecule has 0 N–H and O–H groups in total. The fourth-order valence-corrected chi connectivity index (χ4v) is 3.54. The van der Waals surface area contributed by atoms with E-state index in [1.165, 1.54) is 24.3 Å². The van der Waals surface area contributed by atoms with E-state index in [-0.39, 0.29) is 24.2 Å². The molecule has 1 aromatic rings. The summed E-state index contributed by atoms with van der Waals surface area (Å²) in [5.41, 5.74) is 0.482. The molecule has 132 valence electrons. The van der Waals surface area contributed by atoms with E-state index in [0.29, 0.717) is 5.56 Å². The van der Waals surface area contributed by atoms with Crippen LogP contribution in [0.1, 0.15) is 38.2 Å². The van der Waals surface area contributed by atoms with Crippen LogP contribution >= 0.6 is 0 Å². The second kappa shape index (κ2) is 6.62. The van der Waals surface area contributed by atoms with Crippen LogP contribution in [-0.4, -0.2) is 38.6 Å². The number of carbonyl (C=O) groups is 3. The van der Waals surface area contributed by atoms with Crippen LogP contribution in [0.15, 0.2) is 24.3 Å². The van der Waals surface area contributed by atoms with Gasteiger partial charge < -0.3 is 0 Å². The van der Waals surface area contributed by atoms with Crippen LogP contribution in [0.2, 0.25) is 0 Å². The van der Waals surface area contributed by atoms with Crippen molar-refractivity contribution >= 4 is 23.5 Å². The molecule has 3 rings (SSSR count). The molecule has 1 aliphatic carbocycles. The van der Waals surface area contributed by atoms with Crippen LogP contribution in [0.3, 0.4) is 0 Å². The summed E-state index contributed by atoms with van der Waals surface area (Å²) >= 11 is 0. The summed E-state index contributed by atoms with van der Waals surface area (Å²) in [6.07, 6.45) is 3.65. The van der Waals surface area contributed by atoms with Gasteiger partial charge in [0.25, 0.3) is 5.69 Å². The Hall–Kier alpha value is -2.77. The predicted octanol–water partition coefficient (Wildman–Crippen LogP) is 2.46. The zero-order chi connectivity index (χ0) is 18.1. The third kappa shape index (κ3) is 3.11. The van der Waals surface area contributed by atoms with Crippen molar-refractivity contribution in [1.29, 1.82) is 0 Å². The lowest BCUT2D eigenvalue weighted by Gasteiger charge is -2.34. The molecule has 1 aliphatic heterocycles. The van der Waals surface area contributed by atoms with Gasteiger partial charge in [-0.25, -0.2) is 4.79 Å². The van der Waals surface area contributed by atoms with E-state index < -0.39 is 22.8 Å². The van der Waals surface area contributed by atoms with Gasteiger partial charge in [0.2, 0.25) is 0 Å². The minimum atomic E-state index is -0.832. The SMILES string of the molecule is C[C@@H]1CCCC[C@H]1N1C(=O)C(=O)N(Cc2ccc([N+](=O)[O-])cc2)C1=O. The summed E-state index contributed by atoms with van der Waals surface area (Å²) in [5.74, 6) is -1.43. The first-order valence-electron chi connectivity index (χ1n) is 8.32. The van der Waals surface area contributed by atoms with Gasteiger partial charge in [0.05, 0.1) is 11.5 Å². The summed E-state index contributed by atoms with van der Waals surface area (Å²) in [6, 6.07) is 4.75. The van der Waals surface area contributed by atoms with Crippen molar-refractivity contribution in [3.05, 3.63) is 39.9 Å². The standard InChI is InChI=1S/C17H19N3O5/c1-11-4-2-3-5-14(11)19-16(22)15(21)18(17(19)23)10-12-6-8-13(9-7-12)20(24)25/h6-9,11,14H,2-5,10H2,1H3/t11-,14-/m1/s1. The molecule has 1 saturated heterocycles. The number of hydrogen-bond acceptors (Lipinski definition) is 5. The molecule has 0 radical (unpaired) electrons. The smallest absolute Gasteiger partial charge is 0.263 e. The van der Waals surface area contributed by atoms with Gasteiger partial charge in [-0.2, -0.15) is 0 Å². The van der Waals surface area contributed by atoms with Crippen molar-refractivity contribution < 1.29 is 19.3 Å². The summed E-state index contributed by atoms with van der Waals surface area (Å²) in [6.45, 7) is 1.92. The molecule has 1 heterocycles. The van der Waals surface area contributed by atoms with E-state index >= 15 is 0 Å². The molecular formula is C17H19N3O5. The molecule has 4 amide bonds. The Labute approximate surface area is 144 Å². The van der Waals surface area contributed by atoms with Gasteiger partial charge in [-0.1, -0.05) is 31.9 Å². The number of carbonyl (C=O) groups excluding carboxylic acids is 3. The Balaban J connectivity index is 1.78. The third-order valence-electron chi connectivity index (χ3n) is 4.97. The van der Waals surface area contributed by atoms with Crippen LogP contribution in [0.4, 0.5) is 10.5 Å². The van der Waals surface area contributed by atoms with Gasteiger partial charge in [-0.3, -0.25) is 29.5 Å². The van der Waals surface area contributed by atoms with E-state index in [4.69, 9.17) is 0 Å². The molecular weight excluding hydrogens is 326 g/mol. The summed E-state index contributed by atoms with van der Waals surface area (Å²) < 4.78 is 0.